The number of carbonyl (C=O) groups is 2. The van der Waals surface area contributed by atoms with Crippen LogP contribution in [0.3, 0.4) is 0 Å². The average molecular weight is 556 g/mol. The van der Waals surface area contributed by atoms with Crippen LogP contribution in [0, 0.1) is 0 Å². The molecule has 0 fully saturated rings. The lowest BCUT2D eigenvalue weighted by Crippen LogP contribution is -2.44. The highest BCUT2D eigenvalue weighted by molar-refractivity contribution is 6.60. The predicted molar refractivity (Wildman–Crippen MR) is 136 cm³/mol. The molecule has 0 aliphatic rings. The van der Waals surface area contributed by atoms with Crippen molar-refractivity contribution in [2.75, 3.05) is 75.5 Å². The lowest BCUT2D eigenvalue weighted by Gasteiger charge is -2.28. The Kier molecular flexibility index (Phi) is 18.3. The lowest BCUT2D eigenvalue weighted by molar-refractivity contribution is -0.150. The number of nitrogens with zero attached hydrogens (tertiary/aromatic N) is 1. The van der Waals surface area contributed by atoms with Crippen molar-refractivity contribution in [3.8, 4) is 0 Å². The zero-order valence-corrected chi connectivity index (χ0v) is 24.8. The fourth-order valence-electron chi connectivity index (χ4n) is 3.34. The molecule has 0 saturated carbocycles. The standard InChI is InChI=1S/C22H45NO11Si2/c1-19(2)22(26)34-18-20(24)17-33-21(25)11-14-23(12-9-15-35(27-3,28-4)29-5)13-10-16-36(30-6,31-7)32-8/h20,24H,1,9-18H2,2-8H3. The smallest absolute Gasteiger partial charge is 0.463 e. The molecular weight excluding hydrogens is 510 g/mol. The van der Waals surface area contributed by atoms with Crippen LogP contribution in [0.4, 0.5) is 0 Å². The first kappa shape index (κ1) is 34.8. The summed E-state index contributed by atoms with van der Waals surface area (Å²) >= 11 is 0. The van der Waals surface area contributed by atoms with E-state index in [4.69, 9.17) is 36.0 Å². The van der Waals surface area contributed by atoms with Crippen LogP contribution in [0.5, 0.6) is 0 Å². The van der Waals surface area contributed by atoms with E-state index in [9.17, 15) is 14.7 Å². The van der Waals surface area contributed by atoms with E-state index >= 15 is 0 Å². The van der Waals surface area contributed by atoms with E-state index in [2.05, 4.69) is 11.5 Å². The van der Waals surface area contributed by atoms with Gasteiger partial charge in [-0.2, -0.15) is 0 Å². The number of esters is 2. The summed E-state index contributed by atoms with van der Waals surface area (Å²) in [4.78, 5) is 25.8. The summed E-state index contributed by atoms with van der Waals surface area (Å²) in [5.41, 5.74) is 0.224. The molecule has 0 bridgehead atoms. The molecule has 0 rings (SSSR count). The maximum absolute atomic E-state index is 12.3. The number of rotatable bonds is 22. The molecule has 0 aromatic carbocycles. The summed E-state index contributed by atoms with van der Waals surface area (Å²) in [6, 6.07) is 1.25. The molecule has 1 unspecified atom stereocenters. The number of aliphatic hydroxyl groups excluding tert-OH is 1. The first-order valence-electron chi connectivity index (χ1n) is 11.8. The highest BCUT2D eigenvalue weighted by atomic mass is 28.4. The molecule has 0 aliphatic carbocycles. The van der Waals surface area contributed by atoms with Gasteiger partial charge in [0.15, 0.2) is 0 Å². The van der Waals surface area contributed by atoms with Crippen LogP contribution in [0.1, 0.15) is 26.2 Å². The van der Waals surface area contributed by atoms with Crippen molar-refractivity contribution in [2.24, 2.45) is 0 Å². The summed E-state index contributed by atoms with van der Waals surface area (Å²) in [5, 5.41) is 9.87. The van der Waals surface area contributed by atoms with Crippen LogP contribution in [-0.2, 0) is 45.6 Å². The zero-order chi connectivity index (χ0) is 27.6. The van der Waals surface area contributed by atoms with Gasteiger partial charge in [-0.1, -0.05) is 6.58 Å². The first-order valence-corrected chi connectivity index (χ1v) is 15.6. The van der Waals surface area contributed by atoms with Crippen molar-refractivity contribution >= 4 is 29.5 Å². The van der Waals surface area contributed by atoms with E-state index in [1.165, 1.54) is 6.92 Å². The van der Waals surface area contributed by atoms with Crippen molar-refractivity contribution in [1.29, 1.82) is 0 Å². The molecule has 1 atom stereocenters. The fourth-order valence-corrected chi connectivity index (χ4v) is 6.75. The Morgan fingerprint density at radius 2 is 1.19 bits per heavy atom. The minimum absolute atomic E-state index is 0.126. The minimum Gasteiger partial charge on any atom is -0.463 e. The third kappa shape index (κ3) is 13.4. The van der Waals surface area contributed by atoms with Gasteiger partial charge >= 0.3 is 29.5 Å². The van der Waals surface area contributed by atoms with Gasteiger partial charge in [0.1, 0.15) is 19.3 Å². The second-order valence-corrected chi connectivity index (χ2v) is 14.3. The Bertz CT molecular complexity index is 603. The second kappa shape index (κ2) is 18.9. The third-order valence-electron chi connectivity index (χ3n) is 5.60. The fraction of sp³-hybridized carbons (Fsp3) is 0.818. The minimum atomic E-state index is -2.70. The van der Waals surface area contributed by atoms with Gasteiger partial charge in [0.05, 0.1) is 6.42 Å². The Labute approximate surface area is 217 Å². The van der Waals surface area contributed by atoms with E-state index in [1.807, 2.05) is 0 Å². The van der Waals surface area contributed by atoms with Crippen LogP contribution in [0.25, 0.3) is 0 Å². The van der Waals surface area contributed by atoms with Crippen LogP contribution in [0.15, 0.2) is 12.2 Å². The molecule has 0 saturated heterocycles. The topological polar surface area (TPSA) is 131 Å². The lowest BCUT2D eigenvalue weighted by atomic mass is 10.3. The van der Waals surface area contributed by atoms with Crippen molar-refractivity contribution in [1.82, 2.24) is 4.90 Å². The summed E-state index contributed by atoms with van der Waals surface area (Å²) in [6.45, 7) is 6.23. The largest absolute Gasteiger partial charge is 0.500 e. The summed E-state index contributed by atoms with van der Waals surface area (Å²) in [6.07, 6.45) is 0.496. The number of aliphatic hydroxyl groups is 1. The summed E-state index contributed by atoms with van der Waals surface area (Å²) in [7, 11) is 4.06. The Morgan fingerprint density at radius 3 is 1.58 bits per heavy atom. The number of hydrogen-bond acceptors (Lipinski definition) is 12. The van der Waals surface area contributed by atoms with E-state index in [0.29, 0.717) is 31.7 Å². The van der Waals surface area contributed by atoms with E-state index in [-0.39, 0.29) is 25.2 Å². The molecule has 12 nitrogen and oxygen atoms in total. The van der Waals surface area contributed by atoms with E-state index < -0.39 is 35.7 Å². The van der Waals surface area contributed by atoms with Gasteiger partial charge in [-0.25, -0.2) is 4.79 Å². The van der Waals surface area contributed by atoms with Crippen LogP contribution < -0.4 is 0 Å². The predicted octanol–water partition coefficient (Wildman–Crippen LogP) is 1.24. The molecule has 212 valence electrons. The van der Waals surface area contributed by atoms with Crippen LogP contribution >= 0.6 is 0 Å². The van der Waals surface area contributed by atoms with E-state index in [1.54, 1.807) is 42.7 Å². The monoisotopic (exact) mass is 555 g/mol. The van der Waals surface area contributed by atoms with Crippen molar-refractivity contribution < 1.29 is 50.7 Å². The maximum Gasteiger partial charge on any atom is 0.500 e. The van der Waals surface area contributed by atoms with Gasteiger partial charge in [0, 0.05) is 66.9 Å². The number of hydrogen-bond donors (Lipinski definition) is 1. The molecule has 0 aliphatic heterocycles. The molecule has 0 aromatic rings. The molecule has 0 heterocycles. The third-order valence-corrected chi connectivity index (χ3v) is 11.3. The Balaban J connectivity index is 4.81. The average Bonchev–Trinajstić information content (AvgIpc) is 2.89. The number of carbonyl (C=O) groups excluding carboxylic acids is 2. The molecule has 0 aromatic heterocycles. The van der Waals surface area contributed by atoms with Gasteiger partial charge in [-0.15, -0.1) is 0 Å². The van der Waals surface area contributed by atoms with Gasteiger partial charge in [0.2, 0.25) is 0 Å². The zero-order valence-electron chi connectivity index (χ0n) is 22.8. The van der Waals surface area contributed by atoms with Gasteiger partial charge in [-0.05, 0) is 32.9 Å². The molecule has 0 radical (unpaired) electrons. The maximum atomic E-state index is 12.3. The first-order chi connectivity index (χ1) is 17.1. The van der Waals surface area contributed by atoms with Gasteiger partial charge in [0.25, 0.3) is 0 Å². The number of ether oxygens (including phenoxy) is 2. The normalized spacial score (nSPS) is 13.0. The van der Waals surface area contributed by atoms with Gasteiger partial charge in [-0.3, -0.25) is 4.79 Å². The highest BCUT2D eigenvalue weighted by Gasteiger charge is 2.38. The molecular formula is C22H45NO11Si2. The van der Waals surface area contributed by atoms with Crippen molar-refractivity contribution in [3.63, 3.8) is 0 Å². The Morgan fingerprint density at radius 1 is 0.778 bits per heavy atom. The molecule has 1 N–H and O–H groups in total. The summed E-state index contributed by atoms with van der Waals surface area (Å²) in [5.74, 6) is -1.07. The van der Waals surface area contributed by atoms with Crippen molar-refractivity contribution in [3.05, 3.63) is 12.2 Å². The SMILES string of the molecule is C=C(C)C(=O)OCC(O)COC(=O)CCN(CCC[Si](OC)(OC)OC)CCC[Si](OC)(OC)OC. The molecule has 14 heteroatoms. The summed E-state index contributed by atoms with van der Waals surface area (Å²) < 4.78 is 42.9. The molecule has 36 heavy (non-hydrogen) atoms. The second-order valence-electron chi connectivity index (χ2n) is 8.11. The van der Waals surface area contributed by atoms with Crippen LogP contribution in [0.2, 0.25) is 12.1 Å². The van der Waals surface area contributed by atoms with Gasteiger partial charge < -0.3 is 46.0 Å². The highest BCUT2D eigenvalue weighted by Crippen LogP contribution is 2.18. The van der Waals surface area contributed by atoms with Crippen LogP contribution in [-0.4, -0.2) is 121 Å². The van der Waals surface area contributed by atoms with E-state index in [0.717, 1.165) is 12.8 Å². The Hall–Kier alpha value is -1.21. The quantitative estimate of drug-likeness (QED) is 0.117. The molecule has 0 amide bonds. The van der Waals surface area contributed by atoms with Crippen molar-refractivity contribution in [2.45, 2.75) is 44.4 Å². The molecule has 0 spiro atoms.